The van der Waals surface area contributed by atoms with Crippen LogP contribution in [0.4, 0.5) is 0 Å². The number of aromatic nitrogens is 4. The Morgan fingerprint density at radius 2 is 1.89 bits per heavy atom. The molecule has 0 aliphatic heterocycles. The zero-order valence-electron chi connectivity index (χ0n) is 14.3. The Morgan fingerprint density at radius 1 is 1.15 bits per heavy atom. The van der Waals surface area contributed by atoms with Crippen LogP contribution in [0.1, 0.15) is 5.56 Å². The fourth-order valence-electron chi connectivity index (χ4n) is 2.86. The van der Waals surface area contributed by atoms with Gasteiger partial charge in [0.15, 0.2) is 11.1 Å². The molecular formula is C19H15Cl2N5O. The normalized spacial score (nSPS) is 11.1. The minimum Gasteiger partial charge on any atom is -0.497 e. The molecule has 4 rings (SSSR count). The molecule has 0 saturated heterocycles. The van der Waals surface area contributed by atoms with Crippen LogP contribution in [0, 0.1) is 5.41 Å². The first-order valence-corrected chi connectivity index (χ1v) is 8.89. The average Bonchev–Trinajstić information content (AvgIpc) is 3.13. The topological polar surface area (TPSA) is 79.6 Å². The second-order valence-electron chi connectivity index (χ2n) is 5.94. The van der Waals surface area contributed by atoms with Gasteiger partial charge in [0.1, 0.15) is 17.1 Å². The zero-order valence-corrected chi connectivity index (χ0v) is 15.8. The molecule has 8 heteroatoms. The highest BCUT2D eigenvalue weighted by molar-refractivity contribution is 6.36. The first-order valence-electron chi connectivity index (χ1n) is 8.14. The summed E-state index contributed by atoms with van der Waals surface area (Å²) in [5.74, 6) is 1.36. The molecule has 0 spiro atoms. The quantitative estimate of drug-likeness (QED) is 0.537. The van der Waals surface area contributed by atoms with Gasteiger partial charge in [-0.15, -0.1) is 0 Å². The third kappa shape index (κ3) is 3.29. The van der Waals surface area contributed by atoms with Gasteiger partial charge in [0, 0.05) is 21.2 Å². The SMILES string of the molecule is COc1cccc(-c2nc3c([nH]2)c(=N)ncn3Cc2c(Cl)cccc2Cl)c1. The highest BCUT2D eigenvalue weighted by Crippen LogP contribution is 2.27. The molecule has 0 radical (unpaired) electrons. The van der Waals surface area contributed by atoms with Gasteiger partial charge >= 0.3 is 0 Å². The van der Waals surface area contributed by atoms with E-state index >= 15 is 0 Å². The number of halogens is 2. The number of nitrogens with zero attached hydrogens (tertiary/aromatic N) is 3. The van der Waals surface area contributed by atoms with E-state index in [9.17, 15) is 0 Å². The van der Waals surface area contributed by atoms with Crippen LogP contribution < -0.4 is 10.2 Å². The molecule has 2 N–H and O–H groups in total. The van der Waals surface area contributed by atoms with Crippen LogP contribution in [0.5, 0.6) is 5.75 Å². The van der Waals surface area contributed by atoms with Gasteiger partial charge in [0.2, 0.25) is 0 Å². The Hall–Kier alpha value is -2.83. The molecule has 0 bridgehead atoms. The molecule has 0 aliphatic rings. The van der Waals surface area contributed by atoms with E-state index in [2.05, 4.69) is 15.0 Å². The van der Waals surface area contributed by atoms with Gasteiger partial charge in [-0.2, -0.15) is 0 Å². The monoisotopic (exact) mass is 399 g/mol. The zero-order chi connectivity index (χ0) is 19.0. The van der Waals surface area contributed by atoms with Crippen LogP contribution in [0.3, 0.4) is 0 Å². The number of aromatic amines is 1. The van der Waals surface area contributed by atoms with Crippen molar-refractivity contribution in [2.75, 3.05) is 7.11 Å². The smallest absolute Gasteiger partial charge is 0.173 e. The van der Waals surface area contributed by atoms with Gasteiger partial charge in [0.05, 0.1) is 20.0 Å². The van der Waals surface area contributed by atoms with Gasteiger partial charge in [-0.3, -0.25) is 5.41 Å². The summed E-state index contributed by atoms with van der Waals surface area (Å²) in [7, 11) is 1.62. The van der Waals surface area contributed by atoms with Crippen molar-refractivity contribution in [2.24, 2.45) is 0 Å². The lowest BCUT2D eigenvalue weighted by Crippen LogP contribution is -2.13. The van der Waals surface area contributed by atoms with Crippen molar-refractivity contribution in [3.05, 3.63) is 69.9 Å². The van der Waals surface area contributed by atoms with Gasteiger partial charge in [0.25, 0.3) is 0 Å². The number of benzene rings is 2. The Balaban J connectivity index is 1.85. The number of fused-ring (bicyclic) bond motifs is 1. The number of imidazole rings is 1. The molecule has 2 heterocycles. The highest BCUT2D eigenvalue weighted by atomic mass is 35.5. The van der Waals surface area contributed by atoms with Crippen molar-refractivity contribution in [3.8, 4) is 17.1 Å². The molecule has 0 amide bonds. The molecule has 2 aromatic heterocycles. The molecule has 136 valence electrons. The summed E-state index contributed by atoms with van der Waals surface area (Å²) in [6.45, 7) is 0.394. The molecular weight excluding hydrogens is 385 g/mol. The van der Waals surface area contributed by atoms with Crippen LogP contribution in [0.15, 0.2) is 48.8 Å². The van der Waals surface area contributed by atoms with E-state index in [1.165, 1.54) is 0 Å². The second kappa shape index (κ2) is 7.06. The van der Waals surface area contributed by atoms with E-state index in [-0.39, 0.29) is 5.49 Å². The molecule has 0 atom stereocenters. The lowest BCUT2D eigenvalue weighted by atomic mass is 10.2. The molecule has 6 nitrogen and oxygen atoms in total. The van der Waals surface area contributed by atoms with E-state index in [1.807, 2.05) is 28.8 Å². The van der Waals surface area contributed by atoms with Crippen LogP contribution in [0.2, 0.25) is 10.0 Å². The number of nitrogens with one attached hydrogen (secondary N) is 2. The molecule has 2 aromatic carbocycles. The standard InChI is InChI=1S/C19H15Cl2N5O/c1-27-12-5-2-4-11(8-12)18-24-16-17(22)23-10-26(19(16)25-18)9-13-14(20)6-3-7-15(13)21/h2-8,10,22H,9H2,1H3,(H,24,25). The number of hydrogen-bond donors (Lipinski definition) is 2. The Morgan fingerprint density at radius 3 is 2.63 bits per heavy atom. The molecule has 0 unspecified atom stereocenters. The van der Waals surface area contributed by atoms with Crippen molar-refractivity contribution in [2.45, 2.75) is 6.54 Å². The summed E-state index contributed by atoms with van der Waals surface area (Å²) in [5, 5.41) is 9.25. The number of rotatable bonds is 4. The van der Waals surface area contributed by atoms with Crippen molar-refractivity contribution in [1.82, 2.24) is 19.5 Å². The lowest BCUT2D eigenvalue weighted by molar-refractivity contribution is 0.415. The van der Waals surface area contributed by atoms with Crippen LogP contribution in [-0.2, 0) is 6.54 Å². The van der Waals surface area contributed by atoms with Crippen molar-refractivity contribution < 1.29 is 4.74 Å². The Kier molecular flexibility index (Phi) is 4.59. The molecule has 27 heavy (non-hydrogen) atoms. The van der Waals surface area contributed by atoms with Crippen molar-refractivity contribution >= 4 is 34.4 Å². The predicted octanol–water partition coefficient (Wildman–Crippen LogP) is 4.27. The van der Waals surface area contributed by atoms with E-state index < -0.39 is 0 Å². The maximum absolute atomic E-state index is 8.11. The van der Waals surface area contributed by atoms with Crippen LogP contribution in [-0.4, -0.2) is 26.6 Å². The van der Waals surface area contributed by atoms with Gasteiger partial charge in [-0.25, -0.2) is 9.97 Å². The van der Waals surface area contributed by atoms with Gasteiger partial charge < -0.3 is 14.3 Å². The van der Waals surface area contributed by atoms with Crippen molar-refractivity contribution in [3.63, 3.8) is 0 Å². The third-order valence-corrected chi connectivity index (χ3v) is 4.96. The summed E-state index contributed by atoms with van der Waals surface area (Å²) >= 11 is 12.6. The number of methoxy groups -OCH3 is 1. The third-order valence-electron chi connectivity index (χ3n) is 4.25. The number of ether oxygens (including phenoxy) is 1. The summed E-state index contributed by atoms with van der Waals surface area (Å²) in [5.41, 5.74) is 2.89. The van der Waals surface area contributed by atoms with E-state index in [0.717, 1.165) is 16.9 Å². The summed E-state index contributed by atoms with van der Waals surface area (Å²) in [4.78, 5) is 12.0. The van der Waals surface area contributed by atoms with Gasteiger partial charge in [-0.05, 0) is 24.3 Å². The first-order chi connectivity index (χ1) is 13.1. The minimum atomic E-state index is 0.119. The Labute approximate surface area is 164 Å². The lowest BCUT2D eigenvalue weighted by Gasteiger charge is -2.10. The molecule has 0 fully saturated rings. The second-order valence-corrected chi connectivity index (χ2v) is 6.75. The fourth-order valence-corrected chi connectivity index (χ4v) is 3.38. The van der Waals surface area contributed by atoms with E-state index in [1.54, 1.807) is 31.6 Å². The molecule has 0 saturated carbocycles. The van der Waals surface area contributed by atoms with Crippen LogP contribution >= 0.6 is 23.2 Å². The molecule has 4 aromatic rings. The summed E-state index contributed by atoms with van der Waals surface area (Å²) in [6.07, 6.45) is 1.57. The maximum Gasteiger partial charge on any atom is 0.173 e. The van der Waals surface area contributed by atoms with Gasteiger partial charge in [-0.1, -0.05) is 41.4 Å². The molecule has 0 aliphatic carbocycles. The van der Waals surface area contributed by atoms with Crippen molar-refractivity contribution in [1.29, 1.82) is 5.41 Å². The highest BCUT2D eigenvalue weighted by Gasteiger charge is 2.13. The van der Waals surface area contributed by atoms with E-state index in [4.69, 9.17) is 33.3 Å². The maximum atomic E-state index is 8.11. The largest absolute Gasteiger partial charge is 0.497 e. The fraction of sp³-hybridized carbons (Fsp3) is 0.105. The van der Waals surface area contributed by atoms with Crippen LogP contribution in [0.25, 0.3) is 22.6 Å². The Bertz CT molecular complexity index is 1180. The first kappa shape index (κ1) is 17.6. The summed E-state index contributed by atoms with van der Waals surface area (Å²) in [6, 6.07) is 12.9. The predicted molar refractivity (Wildman–Crippen MR) is 105 cm³/mol. The average molecular weight is 400 g/mol. The number of H-pyrrole nitrogens is 1. The minimum absolute atomic E-state index is 0.119. The summed E-state index contributed by atoms with van der Waals surface area (Å²) < 4.78 is 7.10. The van der Waals surface area contributed by atoms with E-state index in [0.29, 0.717) is 33.6 Å². The number of hydrogen-bond acceptors (Lipinski definition) is 4.